The fraction of sp³-hybridized carbons (Fsp3) is 0. The van der Waals surface area contributed by atoms with E-state index in [1.807, 2.05) is 30.3 Å². The number of para-hydroxylation sites is 1. The molecule has 1 aromatic carbocycles. The number of furan rings is 1. The van der Waals surface area contributed by atoms with Gasteiger partial charge in [-0.05, 0) is 24.3 Å². The van der Waals surface area contributed by atoms with Gasteiger partial charge in [-0.3, -0.25) is 4.79 Å². The molecule has 0 radical (unpaired) electrons. The number of nitrogens with zero attached hydrogens (tertiary/aromatic N) is 2. The predicted molar refractivity (Wildman–Crippen MR) is 69.5 cm³/mol. The van der Waals surface area contributed by atoms with E-state index in [0.717, 1.165) is 10.9 Å². The van der Waals surface area contributed by atoms with Crippen LogP contribution in [0.2, 0.25) is 0 Å². The summed E-state index contributed by atoms with van der Waals surface area (Å²) in [6.45, 7) is 0. The van der Waals surface area contributed by atoms with E-state index < -0.39 is 0 Å². The zero-order valence-corrected chi connectivity index (χ0v) is 9.83. The first kappa shape index (κ1) is 11.2. The van der Waals surface area contributed by atoms with Crippen molar-refractivity contribution in [1.82, 2.24) is 4.98 Å². The number of carbonyl (C=O) groups is 1. The monoisotopic (exact) mass is 248 g/mol. The maximum atomic E-state index is 10.6. The molecule has 90 valence electrons. The molecule has 4 heteroatoms. The molecule has 0 saturated carbocycles. The number of nitriles is 1. The summed E-state index contributed by atoms with van der Waals surface area (Å²) < 4.78 is 5.35. The van der Waals surface area contributed by atoms with Gasteiger partial charge < -0.3 is 4.42 Å². The van der Waals surface area contributed by atoms with Crippen molar-refractivity contribution in [3.63, 3.8) is 0 Å². The first-order valence-electron chi connectivity index (χ1n) is 5.67. The van der Waals surface area contributed by atoms with Crippen LogP contribution in [0.25, 0.3) is 22.2 Å². The van der Waals surface area contributed by atoms with Gasteiger partial charge >= 0.3 is 0 Å². The lowest BCUT2D eigenvalue weighted by molar-refractivity contribution is 0.110. The van der Waals surface area contributed by atoms with Crippen LogP contribution in [-0.2, 0) is 0 Å². The summed E-state index contributed by atoms with van der Waals surface area (Å²) in [4.78, 5) is 14.9. The van der Waals surface area contributed by atoms with Gasteiger partial charge in [0.15, 0.2) is 17.7 Å². The van der Waals surface area contributed by atoms with Crippen LogP contribution in [0.1, 0.15) is 16.2 Å². The Kier molecular flexibility index (Phi) is 2.58. The van der Waals surface area contributed by atoms with Crippen molar-refractivity contribution in [1.29, 1.82) is 5.26 Å². The molecule has 0 atom stereocenters. The molecule has 0 unspecified atom stereocenters. The summed E-state index contributed by atoms with van der Waals surface area (Å²) >= 11 is 0. The average Bonchev–Trinajstić information content (AvgIpc) is 2.94. The zero-order chi connectivity index (χ0) is 13.2. The Bertz CT molecular complexity index is 812. The third kappa shape index (κ3) is 1.87. The summed E-state index contributed by atoms with van der Waals surface area (Å²) in [6, 6.07) is 14.7. The molecular weight excluding hydrogens is 240 g/mol. The summed E-state index contributed by atoms with van der Waals surface area (Å²) in [6.07, 6.45) is 0.629. The molecular formula is C15H8N2O2. The van der Waals surface area contributed by atoms with E-state index in [1.165, 1.54) is 0 Å². The minimum atomic E-state index is 0.229. The van der Waals surface area contributed by atoms with Crippen molar-refractivity contribution in [2.24, 2.45) is 0 Å². The Labute approximate surface area is 108 Å². The quantitative estimate of drug-likeness (QED) is 0.653. The van der Waals surface area contributed by atoms with E-state index in [9.17, 15) is 10.1 Å². The lowest BCUT2D eigenvalue weighted by Crippen LogP contribution is -1.89. The normalized spacial score (nSPS) is 10.3. The third-order valence-electron chi connectivity index (χ3n) is 2.84. The SMILES string of the molecule is N#Cc1nc2ccccc2cc1-c1ccc(C=O)o1. The number of carbonyl (C=O) groups excluding carboxylic acids is 1. The number of hydrogen-bond acceptors (Lipinski definition) is 4. The van der Waals surface area contributed by atoms with E-state index in [0.29, 0.717) is 17.6 Å². The van der Waals surface area contributed by atoms with Gasteiger partial charge in [0.2, 0.25) is 0 Å². The minimum absolute atomic E-state index is 0.229. The average molecular weight is 248 g/mol. The van der Waals surface area contributed by atoms with Crippen molar-refractivity contribution in [3.05, 3.63) is 53.9 Å². The Hall–Kier alpha value is -2.93. The van der Waals surface area contributed by atoms with Gasteiger partial charge in [-0.2, -0.15) is 5.26 Å². The summed E-state index contributed by atoms with van der Waals surface area (Å²) in [5, 5.41) is 10.1. The van der Waals surface area contributed by atoms with E-state index in [-0.39, 0.29) is 11.5 Å². The molecule has 4 nitrogen and oxygen atoms in total. The first-order chi connectivity index (χ1) is 9.31. The molecule has 0 saturated heterocycles. The Morgan fingerprint density at radius 2 is 2.05 bits per heavy atom. The van der Waals surface area contributed by atoms with Crippen LogP contribution in [0.4, 0.5) is 0 Å². The van der Waals surface area contributed by atoms with Gasteiger partial charge in [-0.15, -0.1) is 0 Å². The van der Waals surface area contributed by atoms with Crippen LogP contribution in [0, 0.1) is 11.3 Å². The molecule has 0 N–H and O–H groups in total. The third-order valence-corrected chi connectivity index (χ3v) is 2.84. The van der Waals surface area contributed by atoms with Crippen LogP contribution < -0.4 is 0 Å². The van der Waals surface area contributed by atoms with Crippen molar-refractivity contribution in [3.8, 4) is 17.4 Å². The highest BCUT2D eigenvalue weighted by Crippen LogP contribution is 2.27. The number of benzene rings is 1. The minimum Gasteiger partial charge on any atom is -0.453 e. The summed E-state index contributed by atoms with van der Waals surface area (Å²) in [5.74, 6) is 0.698. The molecule has 0 bridgehead atoms. The van der Waals surface area contributed by atoms with E-state index in [4.69, 9.17) is 4.42 Å². The van der Waals surface area contributed by atoms with Crippen LogP contribution in [-0.4, -0.2) is 11.3 Å². The lowest BCUT2D eigenvalue weighted by Gasteiger charge is -2.03. The molecule has 3 aromatic rings. The van der Waals surface area contributed by atoms with Gasteiger partial charge in [0, 0.05) is 5.39 Å². The second-order valence-corrected chi connectivity index (χ2v) is 4.01. The maximum Gasteiger partial charge on any atom is 0.185 e. The molecule has 2 aromatic heterocycles. The fourth-order valence-electron chi connectivity index (χ4n) is 1.95. The van der Waals surface area contributed by atoms with Gasteiger partial charge in [-0.25, -0.2) is 4.98 Å². The van der Waals surface area contributed by atoms with E-state index in [1.54, 1.807) is 12.1 Å². The molecule has 19 heavy (non-hydrogen) atoms. The molecule has 0 amide bonds. The highest BCUT2D eigenvalue weighted by Gasteiger charge is 2.12. The van der Waals surface area contributed by atoms with Crippen LogP contribution in [0.5, 0.6) is 0 Å². The predicted octanol–water partition coefficient (Wildman–Crippen LogP) is 3.18. The molecule has 2 heterocycles. The summed E-state index contributed by atoms with van der Waals surface area (Å²) in [5.41, 5.74) is 1.63. The Balaban J connectivity index is 2.27. The fourth-order valence-corrected chi connectivity index (χ4v) is 1.95. The number of hydrogen-bond donors (Lipinski definition) is 0. The zero-order valence-electron chi connectivity index (χ0n) is 9.83. The van der Waals surface area contributed by atoms with Gasteiger partial charge in [0.1, 0.15) is 11.8 Å². The smallest absolute Gasteiger partial charge is 0.185 e. The molecule has 0 aliphatic heterocycles. The number of pyridine rings is 1. The highest BCUT2D eigenvalue weighted by molar-refractivity contribution is 5.85. The molecule has 0 aliphatic rings. The first-order valence-corrected chi connectivity index (χ1v) is 5.67. The van der Waals surface area contributed by atoms with Gasteiger partial charge in [-0.1, -0.05) is 18.2 Å². The van der Waals surface area contributed by atoms with Gasteiger partial charge in [0.25, 0.3) is 0 Å². The Morgan fingerprint density at radius 1 is 1.21 bits per heavy atom. The Morgan fingerprint density at radius 3 is 2.79 bits per heavy atom. The van der Waals surface area contributed by atoms with Crippen molar-refractivity contribution in [2.75, 3.05) is 0 Å². The lowest BCUT2D eigenvalue weighted by atomic mass is 10.1. The molecule has 0 fully saturated rings. The van der Waals surface area contributed by atoms with Crippen LogP contribution in [0.15, 0.2) is 46.9 Å². The largest absolute Gasteiger partial charge is 0.453 e. The van der Waals surface area contributed by atoms with E-state index in [2.05, 4.69) is 11.1 Å². The van der Waals surface area contributed by atoms with Crippen molar-refractivity contribution < 1.29 is 9.21 Å². The van der Waals surface area contributed by atoms with Crippen LogP contribution >= 0.6 is 0 Å². The highest BCUT2D eigenvalue weighted by atomic mass is 16.3. The standard InChI is InChI=1S/C15H8N2O2/c16-8-14-12(15-6-5-11(9-18)19-15)7-10-3-1-2-4-13(10)17-14/h1-7,9H. The van der Waals surface area contributed by atoms with E-state index >= 15 is 0 Å². The molecule has 3 rings (SSSR count). The number of aldehydes is 1. The second kappa shape index (κ2) is 4.39. The maximum absolute atomic E-state index is 10.6. The molecule has 0 aliphatic carbocycles. The number of aromatic nitrogens is 1. The van der Waals surface area contributed by atoms with Crippen molar-refractivity contribution >= 4 is 17.2 Å². The summed E-state index contributed by atoms with van der Waals surface area (Å²) in [7, 11) is 0. The second-order valence-electron chi connectivity index (χ2n) is 4.01. The molecule has 0 spiro atoms. The topological polar surface area (TPSA) is 66.9 Å². The number of fused-ring (bicyclic) bond motifs is 1. The van der Waals surface area contributed by atoms with Crippen molar-refractivity contribution in [2.45, 2.75) is 0 Å². The van der Waals surface area contributed by atoms with Gasteiger partial charge in [0.05, 0.1) is 11.1 Å². The van der Waals surface area contributed by atoms with Crippen LogP contribution in [0.3, 0.4) is 0 Å². The number of rotatable bonds is 2.